The molecule has 4 heterocycles. The summed E-state index contributed by atoms with van der Waals surface area (Å²) in [5, 5.41) is 7.61. The Hall–Kier alpha value is -3.77. The number of carbonyl (C=O) groups is 4. The molecule has 3 saturated heterocycles. The number of nitrogens with one attached hydrogen (secondary N) is 1. The number of nitrogens with two attached hydrogens (primary N) is 1. The van der Waals surface area contributed by atoms with Crippen LogP contribution in [0.15, 0.2) is 42.7 Å². The minimum atomic E-state index is -0.885. The van der Waals surface area contributed by atoms with Crippen LogP contribution in [0.25, 0.3) is 0 Å². The monoisotopic (exact) mass is 715 g/mol. The predicted octanol–water partition coefficient (Wildman–Crippen LogP) is 3.30. The van der Waals surface area contributed by atoms with E-state index in [-0.39, 0.29) is 47.5 Å². The molecule has 2 aliphatic carbocycles. The molecule has 282 valence electrons. The third-order valence-electron chi connectivity index (χ3n) is 12.6. The topological polar surface area (TPSA) is 143 Å². The smallest absolute Gasteiger partial charge is 0.257 e. The lowest BCUT2D eigenvalue weighted by Gasteiger charge is -2.50. The van der Waals surface area contributed by atoms with Crippen LogP contribution in [0.1, 0.15) is 88.1 Å². The maximum absolute atomic E-state index is 14.5. The normalized spacial score (nSPS) is 26.5. The van der Waals surface area contributed by atoms with Crippen molar-refractivity contribution in [3.63, 3.8) is 0 Å². The van der Waals surface area contributed by atoms with Gasteiger partial charge in [0.05, 0.1) is 30.3 Å². The lowest BCUT2D eigenvalue weighted by molar-refractivity contribution is -0.153. The molecule has 1 aromatic carbocycles. The van der Waals surface area contributed by atoms with E-state index < -0.39 is 23.5 Å². The summed E-state index contributed by atoms with van der Waals surface area (Å²) in [6, 6.07) is 8.96. The first-order valence-corrected chi connectivity index (χ1v) is 19.5. The van der Waals surface area contributed by atoms with Crippen LogP contribution >= 0.6 is 0 Å². The van der Waals surface area contributed by atoms with Crippen molar-refractivity contribution in [1.29, 1.82) is 0 Å². The zero-order chi connectivity index (χ0) is 36.6. The maximum Gasteiger partial charge on any atom is 0.257 e. The molecular formula is C40H57N7O5. The first-order valence-electron chi connectivity index (χ1n) is 19.5. The molecule has 5 fully saturated rings. The Morgan fingerprint density at radius 3 is 2.35 bits per heavy atom. The van der Waals surface area contributed by atoms with Gasteiger partial charge in [0.1, 0.15) is 6.04 Å². The molecule has 5 aliphatic rings. The number of ether oxygens (including phenoxy) is 1. The lowest BCUT2D eigenvalue weighted by Crippen LogP contribution is -2.66. The van der Waals surface area contributed by atoms with Crippen LogP contribution < -0.4 is 11.1 Å². The van der Waals surface area contributed by atoms with E-state index >= 15 is 0 Å². The number of hydrogen-bond donors (Lipinski definition) is 2. The Bertz CT molecular complexity index is 1610. The Balaban J connectivity index is 1.09. The number of amides is 4. The van der Waals surface area contributed by atoms with E-state index in [2.05, 4.69) is 24.3 Å². The summed E-state index contributed by atoms with van der Waals surface area (Å²) >= 11 is 0. The fourth-order valence-electron chi connectivity index (χ4n) is 9.08. The van der Waals surface area contributed by atoms with Crippen molar-refractivity contribution >= 4 is 23.6 Å². The number of carbonyl (C=O) groups excluding carboxylic acids is 4. The van der Waals surface area contributed by atoms with Crippen molar-refractivity contribution in [3.05, 3.63) is 53.9 Å². The van der Waals surface area contributed by atoms with Crippen molar-refractivity contribution in [3.8, 4) is 0 Å². The molecular weight excluding hydrogens is 658 g/mol. The Morgan fingerprint density at radius 2 is 1.65 bits per heavy atom. The van der Waals surface area contributed by atoms with Crippen LogP contribution in [-0.2, 0) is 25.7 Å². The second kappa shape index (κ2) is 14.9. The minimum absolute atomic E-state index is 0.00741. The van der Waals surface area contributed by atoms with Gasteiger partial charge < -0.3 is 30.5 Å². The highest BCUT2D eigenvalue weighted by Gasteiger charge is 2.62. The molecule has 12 nitrogen and oxygen atoms in total. The highest BCUT2D eigenvalue weighted by Crippen LogP contribution is 2.54. The minimum Gasteiger partial charge on any atom is -0.376 e. The lowest BCUT2D eigenvalue weighted by atomic mass is 9.70. The van der Waals surface area contributed by atoms with Crippen LogP contribution in [0.2, 0.25) is 0 Å². The van der Waals surface area contributed by atoms with E-state index in [4.69, 9.17) is 10.5 Å². The first-order chi connectivity index (χ1) is 24.9. The van der Waals surface area contributed by atoms with Crippen LogP contribution in [-0.4, -0.2) is 112 Å². The SMILES string of the molecule is C[C@@H](OCC1CCCCC1)[C@H](NC(=O)C1CN(C(=O)c2cnn(Cc3ccccc3)c2)CC12CN(C(=O)[C@H]1CC1(C)C)C2)C(=O)N1CCC[C@H](N)C1. The molecule has 2 aromatic rings. The molecule has 5 atom stereocenters. The number of aromatic nitrogens is 2. The number of piperidine rings is 1. The molecule has 12 heteroatoms. The Morgan fingerprint density at radius 1 is 0.942 bits per heavy atom. The molecule has 7 rings (SSSR count). The summed E-state index contributed by atoms with van der Waals surface area (Å²) in [7, 11) is 0. The second-order valence-electron chi connectivity index (χ2n) is 17.2. The third-order valence-corrected chi connectivity index (χ3v) is 12.6. The Labute approximate surface area is 307 Å². The van der Waals surface area contributed by atoms with Crippen molar-refractivity contribution in [2.75, 3.05) is 45.9 Å². The molecule has 3 aliphatic heterocycles. The molecule has 1 aromatic heterocycles. The number of hydrogen-bond acceptors (Lipinski definition) is 7. The Kier molecular flexibility index (Phi) is 10.5. The van der Waals surface area contributed by atoms with E-state index in [9.17, 15) is 19.2 Å². The first kappa shape index (κ1) is 36.6. The van der Waals surface area contributed by atoms with Gasteiger partial charge in [-0.05, 0) is 55.9 Å². The van der Waals surface area contributed by atoms with Gasteiger partial charge in [0.2, 0.25) is 17.7 Å². The third kappa shape index (κ3) is 7.78. The van der Waals surface area contributed by atoms with E-state index in [0.29, 0.717) is 57.4 Å². The van der Waals surface area contributed by atoms with Gasteiger partial charge in [-0.15, -0.1) is 0 Å². The van der Waals surface area contributed by atoms with Crippen molar-refractivity contribution in [2.45, 2.75) is 96.9 Å². The maximum atomic E-state index is 14.5. The van der Waals surface area contributed by atoms with Crippen LogP contribution in [0, 0.1) is 28.6 Å². The van der Waals surface area contributed by atoms with Gasteiger partial charge in [0.15, 0.2) is 0 Å². The van der Waals surface area contributed by atoms with Gasteiger partial charge >= 0.3 is 0 Å². The summed E-state index contributed by atoms with van der Waals surface area (Å²) in [5.74, 6) is -0.672. The number of rotatable bonds is 11. The number of likely N-dealkylation sites (tertiary alicyclic amines) is 3. The summed E-state index contributed by atoms with van der Waals surface area (Å²) in [6.45, 7) is 9.58. The van der Waals surface area contributed by atoms with Gasteiger partial charge in [-0.3, -0.25) is 23.9 Å². The summed E-state index contributed by atoms with van der Waals surface area (Å²) in [6.07, 6.45) is 11.2. The van der Waals surface area contributed by atoms with E-state index in [1.165, 1.54) is 19.3 Å². The molecule has 2 saturated carbocycles. The van der Waals surface area contributed by atoms with Gasteiger partial charge in [-0.1, -0.05) is 63.4 Å². The van der Waals surface area contributed by atoms with Crippen LogP contribution in [0.5, 0.6) is 0 Å². The fourth-order valence-corrected chi connectivity index (χ4v) is 9.08. The molecule has 1 unspecified atom stereocenters. The second-order valence-corrected chi connectivity index (χ2v) is 17.2. The van der Waals surface area contributed by atoms with Gasteiger partial charge in [-0.25, -0.2) is 0 Å². The zero-order valence-corrected chi connectivity index (χ0v) is 31.2. The molecule has 0 bridgehead atoms. The average Bonchev–Trinajstić information content (AvgIpc) is 3.42. The number of nitrogens with zero attached hydrogens (tertiary/aromatic N) is 5. The van der Waals surface area contributed by atoms with Gasteiger partial charge in [-0.2, -0.15) is 5.10 Å². The molecule has 4 amide bonds. The largest absolute Gasteiger partial charge is 0.376 e. The average molecular weight is 716 g/mol. The standard InChI is InChI=1S/C40H57N7O5/c1-27(52-23-29-13-8-5-9-14-29)34(38(51)44-16-10-15-31(41)21-44)43-35(48)33-22-45(24-40(33)25-46(26-40)37(50)32-17-39(32,2)3)36(49)30-18-42-47(20-30)19-28-11-6-4-7-12-28/h4,6-7,11-12,18,20,27,29,31-34H,5,8-10,13-17,19,21-26,41H2,1-3H3,(H,43,48)/t27-,31+,32-,33?,34+/m1/s1. The molecule has 3 N–H and O–H groups in total. The molecule has 1 spiro atoms. The summed E-state index contributed by atoms with van der Waals surface area (Å²) in [4.78, 5) is 61.5. The summed E-state index contributed by atoms with van der Waals surface area (Å²) in [5.41, 5.74) is 7.20. The predicted molar refractivity (Wildman–Crippen MR) is 196 cm³/mol. The quantitative estimate of drug-likeness (QED) is 0.364. The highest BCUT2D eigenvalue weighted by atomic mass is 16.5. The molecule has 0 radical (unpaired) electrons. The van der Waals surface area contributed by atoms with Gasteiger partial charge in [0.25, 0.3) is 5.91 Å². The fraction of sp³-hybridized carbons (Fsp3) is 0.675. The van der Waals surface area contributed by atoms with Crippen molar-refractivity contribution < 1.29 is 23.9 Å². The van der Waals surface area contributed by atoms with E-state index in [0.717, 1.165) is 37.7 Å². The van der Waals surface area contributed by atoms with Gasteiger partial charge in [0, 0.05) is 69.4 Å². The van der Waals surface area contributed by atoms with Crippen molar-refractivity contribution in [2.24, 2.45) is 34.3 Å². The van der Waals surface area contributed by atoms with Crippen LogP contribution in [0.3, 0.4) is 0 Å². The van der Waals surface area contributed by atoms with E-state index in [1.807, 2.05) is 42.2 Å². The van der Waals surface area contributed by atoms with Crippen molar-refractivity contribution in [1.82, 2.24) is 29.8 Å². The number of benzene rings is 1. The summed E-state index contributed by atoms with van der Waals surface area (Å²) < 4.78 is 8.13. The van der Waals surface area contributed by atoms with Crippen LogP contribution in [0.4, 0.5) is 0 Å². The zero-order valence-electron chi connectivity index (χ0n) is 31.2. The molecule has 52 heavy (non-hydrogen) atoms. The highest BCUT2D eigenvalue weighted by molar-refractivity contribution is 5.96. The van der Waals surface area contributed by atoms with E-state index in [1.54, 1.807) is 26.9 Å².